The summed E-state index contributed by atoms with van der Waals surface area (Å²) in [6.07, 6.45) is 0.503. The average Bonchev–Trinajstić information content (AvgIpc) is 2.47. The normalized spacial score (nSPS) is 21.4. The lowest BCUT2D eigenvalue weighted by molar-refractivity contribution is -0.139. The summed E-state index contributed by atoms with van der Waals surface area (Å²) in [7, 11) is 0. The van der Waals surface area contributed by atoms with Gasteiger partial charge in [-0.3, -0.25) is 0 Å². The van der Waals surface area contributed by atoms with Crippen LogP contribution in [-0.2, 0) is 14.4 Å². The lowest BCUT2D eigenvalue weighted by atomic mass is 9.87. The molecule has 1 aliphatic heterocycles. The van der Waals surface area contributed by atoms with Crippen molar-refractivity contribution in [3.63, 3.8) is 0 Å². The summed E-state index contributed by atoms with van der Waals surface area (Å²) in [5.41, 5.74) is -0.0160. The number of aliphatic carboxylic acids is 1. The molecule has 1 atom stereocenters. The van der Waals surface area contributed by atoms with Gasteiger partial charge in [0.1, 0.15) is 6.10 Å². The van der Waals surface area contributed by atoms with Crippen LogP contribution in [0.25, 0.3) is 0 Å². The molecule has 0 fully saturated rings. The van der Waals surface area contributed by atoms with Crippen LogP contribution in [0, 0.1) is 5.41 Å². The largest absolute Gasteiger partial charge is 0.479 e. The summed E-state index contributed by atoms with van der Waals surface area (Å²) in [6.45, 7) is 5.74. The van der Waals surface area contributed by atoms with Gasteiger partial charge in [-0.2, -0.15) is 0 Å². The highest BCUT2D eigenvalue weighted by molar-refractivity contribution is 5.80. The smallest absolute Gasteiger partial charge is 0.341 e. The van der Waals surface area contributed by atoms with E-state index in [0.717, 1.165) is 0 Å². The molecule has 1 unspecified atom stereocenters. The highest BCUT2D eigenvalue weighted by Crippen LogP contribution is 2.29. The van der Waals surface area contributed by atoms with Crippen molar-refractivity contribution in [2.45, 2.75) is 33.3 Å². The molecule has 0 aromatic heterocycles. The molecular weight excluding hydrogens is 186 g/mol. The zero-order valence-electron chi connectivity index (χ0n) is 8.61. The number of carboxylic acids is 1. The molecule has 0 aromatic rings. The molecule has 5 heteroatoms. The summed E-state index contributed by atoms with van der Waals surface area (Å²) in [4.78, 5) is 15.3. The third-order valence-corrected chi connectivity index (χ3v) is 1.97. The number of hydrogen-bond donors (Lipinski definition) is 1. The standard InChI is InChI=1S/C9H15NO4/c1-9(2,3)6-4-7(10-14-6)13-5-8(11)12/h6H,4-5H2,1-3H3,(H,11,12). The zero-order valence-corrected chi connectivity index (χ0v) is 8.61. The molecule has 14 heavy (non-hydrogen) atoms. The van der Waals surface area contributed by atoms with E-state index < -0.39 is 5.97 Å². The molecule has 1 heterocycles. The molecule has 0 amide bonds. The number of rotatable bonds is 2. The maximum atomic E-state index is 10.2. The van der Waals surface area contributed by atoms with E-state index in [-0.39, 0.29) is 18.1 Å². The lowest BCUT2D eigenvalue weighted by Crippen LogP contribution is -2.26. The first-order chi connectivity index (χ1) is 6.39. The van der Waals surface area contributed by atoms with Gasteiger partial charge < -0.3 is 14.7 Å². The first-order valence-corrected chi connectivity index (χ1v) is 4.47. The minimum Gasteiger partial charge on any atom is -0.479 e. The highest BCUT2D eigenvalue weighted by Gasteiger charge is 2.33. The van der Waals surface area contributed by atoms with Gasteiger partial charge in [0.15, 0.2) is 6.61 Å². The first kappa shape index (κ1) is 10.8. The van der Waals surface area contributed by atoms with Gasteiger partial charge in [-0.1, -0.05) is 25.9 Å². The Morgan fingerprint density at radius 2 is 2.36 bits per heavy atom. The summed E-state index contributed by atoms with van der Waals surface area (Å²) in [5, 5.41) is 12.1. The van der Waals surface area contributed by atoms with Crippen molar-refractivity contribution >= 4 is 11.9 Å². The fraction of sp³-hybridized carbons (Fsp3) is 0.778. The van der Waals surface area contributed by atoms with Crippen molar-refractivity contribution in [3.05, 3.63) is 0 Å². The summed E-state index contributed by atoms with van der Waals surface area (Å²) >= 11 is 0. The van der Waals surface area contributed by atoms with Gasteiger partial charge in [-0.15, -0.1) is 0 Å². The molecule has 0 saturated heterocycles. The number of hydrogen-bond acceptors (Lipinski definition) is 4. The second-order valence-electron chi connectivity index (χ2n) is 4.33. The molecule has 0 aromatic carbocycles. The Hall–Kier alpha value is -1.26. The van der Waals surface area contributed by atoms with Crippen molar-refractivity contribution in [2.75, 3.05) is 6.61 Å². The Labute approximate surface area is 82.7 Å². The van der Waals surface area contributed by atoms with Crippen LogP contribution in [0.4, 0.5) is 0 Å². The van der Waals surface area contributed by atoms with Crippen LogP contribution in [0.1, 0.15) is 27.2 Å². The maximum absolute atomic E-state index is 10.2. The number of carbonyl (C=O) groups is 1. The molecule has 0 spiro atoms. The van der Waals surface area contributed by atoms with E-state index in [0.29, 0.717) is 12.3 Å². The number of ether oxygens (including phenoxy) is 1. The van der Waals surface area contributed by atoms with Gasteiger partial charge in [-0.25, -0.2) is 4.79 Å². The Balaban J connectivity index is 2.37. The van der Waals surface area contributed by atoms with Crippen molar-refractivity contribution in [1.29, 1.82) is 0 Å². The molecule has 1 rings (SSSR count). The molecule has 80 valence electrons. The third-order valence-electron chi connectivity index (χ3n) is 1.97. The van der Waals surface area contributed by atoms with Gasteiger partial charge in [0.25, 0.3) is 0 Å². The number of nitrogens with zero attached hydrogens (tertiary/aromatic N) is 1. The fourth-order valence-corrected chi connectivity index (χ4v) is 1.05. The predicted molar refractivity (Wildman–Crippen MR) is 50.0 cm³/mol. The van der Waals surface area contributed by atoms with Crippen LogP contribution in [0.5, 0.6) is 0 Å². The number of carboxylic acid groups (broad SMARTS) is 1. The summed E-state index contributed by atoms with van der Waals surface area (Å²) in [6, 6.07) is 0. The molecule has 5 nitrogen and oxygen atoms in total. The van der Waals surface area contributed by atoms with E-state index in [1.807, 2.05) is 20.8 Å². The predicted octanol–water partition coefficient (Wildman–Crippen LogP) is 1.24. The topological polar surface area (TPSA) is 68.1 Å². The van der Waals surface area contributed by atoms with E-state index in [1.165, 1.54) is 0 Å². The SMILES string of the molecule is CC(C)(C)C1CC(OCC(=O)O)=NO1. The number of oxime groups is 1. The van der Waals surface area contributed by atoms with Crippen molar-refractivity contribution in [1.82, 2.24) is 0 Å². The first-order valence-electron chi connectivity index (χ1n) is 4.47. The van der Waals surface area contributed by atoms with Crippen LogP contribution >= 0.6 is 0 Å². The van der Waals surface area contributed by atoms with E-state index >= 15 is 0 Å². The fourth-order valence-electron chi connectivity index (χ4n) is 1.05. The second kappa shape index (κ2) is 3.86. The van der Waals surface area contributed by atoms with Crippen LogP contribution in [0.15, 0.2) is 5.16 Å². The van der Waals surface area contributed by atoms with Gasteiger partial charge in [0.2, 0.25) is 5.90 Å². The van der Waals surface area contributed by atoms with E-state index in [4.69, 9.17) is 14.7 Å². The Kier molecular flexibility index (Phi) is 2.98. The van der Waals surface area contributed by atoms with Crippen LogP contribution in [0.2, 0.25) is 0 Å². The molecule has 1 aliphatic rings. The van der Waals surface area contributed by atoms with E-state index in [9.17, 15) is 4.79 Å². The molecule has 0 bridgehead atoms. The highest BCUT2D eigenvalue weighted by atomic mass is 16.7. The molecule has 0 radical (unpaired) electrons. The quantitative estimate of drug-likeness (QED) is 0.729. The zero-order chi connectivity index (χ0) is 10.8. The summed E-state index contributed by atoms with van der Waals surface area (Å²) in [5.74, 6) is -0.640. The third kappa shape index (κ3) is 2.90. The summed E-state index contributed by atoms with van der Waals surface area (Å²) < 4.78 is 4.92. The molecule has 1 N–H and O–H groups in total. The second-order valence-corrected chi connectivity index (χ2v) is 4.33. The lowest BCUT2D eigenvalue weighted by Gasteiger charge is -2.23. The molecular formula is C9H15NO4. The van der Waals surface area contributed by atoms with Gasteiger partial charge in [0, 0.05) is 5.41 Å². The minimum atomic E-state index is -1.01. The van der Waals surface area contributed by atoms with Gasteiger partial charge >= 0.3 is 5.97 Å². The molecule has 0 aliphatic carbocycles. The Morgan fingerprint density at radius 1 is 1.71 bits per heavy atom. The van der Waals surface area contributed by atoms with Crippen molar-refractivity contribution < 1.29 is 19.5 Å². The van der Waals surface area contributed by atoms with Crippen LogP contribution in [-0.4, -0.2) is 29.7 Å². The molecule has 0 saturated carbocycles. The Bertz CT molecular complexity index is 254. The van der Waals surface area contributed by atoms with Crippen LogP contribution < -0.4 is 0 Å². The monoisotopic (exact) mass is 201 g/mol. The van der Waals surface area contributed by atoms with E-state index in [2.05, 4.69) is 5.16 Å². The Morgan fingerprint density at radius 3 is 2.79 bits per heavy atom. The van der Waals surface area contributed by atoms with Crippen LogP contribution in [0.3, 0.4) is 0 Å². The van der Waals surface area contributed by atoms with Gasteiger partial charge in [0.05, 0.1) is 6.42 Å². The average molecular weight is 201 g/mol. The maximum Gasteiger partial charge on any atom is 0.341 e. The van der Waals surface area contributed by atoms with Crippen molar-refractivity contribution in [3.8, 4) is 0 Å². The van der Waals surface area contributed by atoms with E-state index in [1.54, 1.807) is 0 Å². The van der Waals surface area contributed by atoms with Crippen molar-refractivity contribution in [2.24, 2.45) is 10.6 Å². The minimum absolute atomic E-state index is 0.0160. The van der Waals surface area contributed by atoms with Gasteiger partial charge in [-0.05, 0) is 0 Å².